The van der Waals surface area contributed by atoms with Gasteiger partial charge in [-0.2, -0.15) is 0 Å². The molecule has 2 nitrogen and oxygen atoms in total. The highest BCUT2D eigenvalue weighted by molar-refractivity contribution is 8.00. The second-order valence-corrected chi connectivity index (χ2v) is 6.25. The minimum Gasteiger partial charge on any atom is -0.325 e. The highest BCUT2D eigenvalue weighted by Crippen LogP contribution is 2.28. The molecule has 0 heterocycles. The van der Waals surface area contributed by atoms with Crippen LogP contribution in [0.5, 0.6) is 0 Å². The van der Waals surface area contributed by atoms with Crippen molar-refractivity contribution in [3.05, 3.63) is 84.7 Å². The number of hydrogen-bond acceptors (Lipinski definition) is 2. The van der Waals surface area contributed by atoms with E-state index in [1.165, 1.54) is 23.9 Å². The molecule has 0 aromatic heterocycles. The zero-order chi connectivity index (χ0) is 16.8. The lowest BCUT2D eigenvalue weighted by molar-refractivity contribution is -0.113. The number of anilines is 1. The van der Waals surface area contributed by atoms with Crippen molar-refractivity contribution in [3.63, 3.8) is 0 Å². The number of nitrogens with one attached hydrogen (secondary N) is 1. The first-order valence-electron chi connectivity index (χ1n) is 7.55. The Morgan fingerprint density at radius 2 is 1.54 bits per heavy atom. The molecular weight excluding hydrogens is 321 g/mol. The predicted octanol–water partition coefficient (Wildman–Crippen LogP) is 5.22. The van der Waals surface area contributed by atoms with Gasteiger partial charge in [0.2, 0.25) is 5.91 Å². The van der Waals surface area contributed by atoms with Gasteiger partial charge in [0.15, 0.2) is 0 Å². The third kappa shape index (κ3) is 4.24. The molecule has 0 atom stereocenters. The van der Waals surface area contributed by atoms with E-state index in [2.05, 4.69) is 5.32 Å². The molecule has 0 saturated carbocycles. The maximum absolute atomic E-state index is 12.9. The Kier molecular flexibility index (Phi) is 5.29. The Morgan fingerprint density at radius 3 is 2.29 bits per heavy atom. The van der Waals surface area contributed by atoms with Gasteiger partial charge >= 0.3 is 0 Å². The van der Waals surface area contributed by atoms with Crippen LogP contribution in [0.15, 0.2) is 83.8 Å². The molecule has 120 valence electrons. The lowest BCUT2D eigenvalue weighted by atomic mass is 10.0. The smallest absolute Gasteiger partial charge is 0.234 e. The van der Waals surface area contributed by atoms with Gasteiger partial charge in [-0.25, -0.2) is 4.39 Å². The minimum absolute atomic E-state index is 0.0901. The monoisotopic (exact) mass is 337 g/mol. The zero-order valence-electron chi connectivity index (χ0n) is 12.9. The summed E-state index contributed by atoms with van der Waals surface area (Å²) in [6.07, 6.45) is 0. The van der Waals surface area contributed by atoms with Crippen molar-refractivity contribution in [2.24, 2.45) is 0 Å². The van der Waals surface area contributed by atoms with Gasteiger partial charge in [0.1, 0.15) is 5.82 Å². The summed E-state index contributed by atoms with van der Waals surface area (Å²) in [4.78, 5) is 13.1. The standard InChI is InChI=1S/C20H16FNOS/c21-16-10-12-17(13-11-16)24-14-20(23)22-19-9-5-4-8-18(19)15-6-2-1-3-7-15/h1-13H,14H2,(H,22,23). The van der Waals surface area contributed by atoms with Gasteiger partial charge in [0.25, 0.3) is 0 Å². The van der Waals surface area contributed by atoms with Crippen molar-refractivity contribution in [1.82, 2.24) is 0 Å². The summed E-state index contributed by atoms with van der Waals surface area (Å²) in [6, 6.07) is 23.8. The molecular formula is C20H16FNOS. The summed E-state index contributed by atoms with van der Waals surface area (Å²) >= 11 is 1.38. The quantitative estimate of drug-likeness (QED) is 0.646. The zero-order valence-corrected chi connectivity index (χ0v) is 13.7. The van der Waals surface area contributed by atoms with E-state index >= 15 is 0 Å². The molecule has 0 aliphatic carbocycles. The number of amides is 1. The van der Waals surface area contributed by atoms with E-state index in [0.29, 0.717) is 0 Å². The van der Waals surface area contributed by atoms with Crippen molar-refractivity contribution in [1.29, 1.82) is 0 Å². The SMILES string of the molecule is O=C(CSc1ccc(F)cc1)Nc1ccccc1-c1ccccc1. The number of rotatable bonds is 5. The first kappa shape index (κ1) is 16.3. The molecule has 0 spiro atoms. The number of carbonyl (C=O) groups is 1. The molecule has 3 aromatic carbocycles. The second-order valence-electron chi connectivity index (χ2n) is 5.20. The highest BCUT2D eigenvalue weighted by Gasteiger charge is 2.08. The first-order chi connectivity index (χ1) is 11.7. The molecule has 1 N–H and O–H groups in total. The molecule has 0 aliphatic heterocycles. The van der Waals surface area contributed by atoms with E-state index < -0.39 is 0 Å². The van der Waals surface area contributed by atoms with E-state index in [-0.39, 0.29) is 17.5 Å². The molecule has 4 heteroatoms. The van der Waals surface area contributed by atoms with E-state index in [9.17, 15) is 9.18 Å². The fraction of sp³-hybridized carbons (Fsp3) is 0.0500. The molecule has 0 fully saturated rings. The molecule has 0 unspecified atom stereocenters. The number of thioether (sulfide) groups is 1. The van der Waals surface area contributed by atoms with Gasteiger partial charge in [-0.05, 0) is 35.9 Å². The van der Waals surface area contributed by atoms with Crippen LogP contribution < -0.4 is 5.32 Å². The predicted molar refractivity (Wildman–Crippen MR) is 97.6 cm³/mol. The Bertz CT molecular complexity index is 819. The molecule has 0 saturated heterocycles. The average molecular weight is 337 g/mol. The molecule has 24 heavy (non-hydrogen) atoms. The van der Waals surface area contributed by atoms with Crippen LogP contribution in [0, 0.1) is 5.82 Å². The maximum atomic E-state index is 12.9. The average Bonchev–Trinajstić information content (AvgIpc) is 2.62. The Balaban J connectivity index is 1.67. The van der Waals surface area contributed by atoms with Crippen molar-refractivity contribution in [2.75, 3.05) is 11.1 Å². The molecule has 0 aliphatic rings. The molecule has 0 radical (unpaired) electrons. The van der Waals surface area contributed by atoms with Gasteiger partial charge in [-0.1, -0.05) is 48.5 Å². The Morgan fingerprint density at radius 1 is 0.875 bits per heavy atom. The number of carbonyl (C=O) groups excluding carboxylic acids is 1. The summed E-state index contributed by atoms with van der Waals surface area (Å²) in [5, 5.41) is 2.96. The van der Waals surface area contributed by atoms with Crippen molar-refractivity contribution in [2.45, 2.75) is 4.90 Å². The lowest BCUT2D eigenvalue weighted by Crippen LogP contribution is -2.14. The van der Waals surface area contributed by atoms with Crippen LogP contribution in [0.25, 0.3) is 11.1 Å². The summed E-state index contributed by atoms with van der Waals surface area (Å²) in [5.74, 6) is -0.0947. The Hall–Kier alpha value is -2.59. The van der Waals surface area contributed by atoms with Crippen molar-refractivity contribution >= 4 is 23.4 Å². The van der Waals surface area contributed by atoms with E-state index in [1.54, 1.807) is 12.1 Å². The van der Waals surface area contributed by atoms with Crippen LogP contribution >= 0.6 is 11.8 Å². The second kappa shape index (κ2) is 7.79. The summed E-state index contributed by atoms with van der Waals surface area (Å²) < 4.78 is 12.9. The highest BCUT2D eigenvalue weighted by atomic mass is 32.2. The number of para-hydroxylation sites is 1. The minimum atomic E-state index is -0.277. The largest absolute Gasteiger partial charge is 0.325 e. The first-order valence-corrected chi connectivity index (χ1v) is 8.53. The van der Waals surface area contributed by atoms with Gasteiger partial charge < -0.3 is 5.32 Å². The number of benzene rings is 3. The summed E-state index contributed by atoms with van der Waals surface area (Å²) in [5.41, 5.74) is 2.83. The van der Waals surface area contributed by atoms with Gasteiger partial charge in [0.05, 0.1) is 5.75 Å². The molecule has 3 aromatic rings. The summed E-state index contributed by atoms with van der Waals surface area (Å²) in [7, 11) is 0. The van der Waals surface area contributed by atoms with Crippen LogP contribution in [-0.4, -0.2) is 11.7 Å². The van der Waals surface area contributed by atoms with E-state index in [0.717, 1.165) is 21.7 Å². The third-order valence-corrected chi connectivity index (χ3v) is 4.48. The van der Waals surface area contributed by atoms with E-state index in [4.69, 9.17) is 0 Å². The van der Waals surface area contributed by atoms with Crippen LogP contribution in [0.3, 0.4) is 0 Å². The van der Waals surface area contributed by atoms with Crippen LogP contribution in [0.2, 0.25) is 0 Å². The lowest BCUT2D eigenvalue weighted by Gasteiger charge is -2.11. The summed E-state index contributed by atoms with van der Waals surface area (Å²) in [6.45, 7) is 0. The van der Waals surface area contributed by atoms with Crippen LogP contribution in [0.4, 0.5) is 10.1 Å². The van der Waals surface area contributed by atoms with Gasteiger partial charge in [0, 0.05) is 16.1 Å². The van der Waals surface area contributed by atoms with E-state index in [1.807, 2.05) is 54.6 Å². The third-order valence-electron chi connectivity index (χ3n) is 3.47. The fourth-order valence-corrected chi connectivity index (χ4v) is 3.03. The topological polar surface area (TPSA) is 29.1 Å². The van der Waals surface area contributed by atoms with Crippen LogP contribution in [0.1, 0.15) is 0 Å². The molecule has 3 rings (SSSR count). The van der Waals surface area contributed by atoms with Gasteiger partial charge in [-0.15, -0.1) is 11.8 Å². The Labute approximate surface area is 144 Å². The molecule has 0 bridgehead atoms. The maximum Gasteiger partial charge on any atom is 0.234 e. The van der Waals surface area contributed by atoms with Gasteiger partial charge in [-0.3, -0.25) is 4.79 Å². The normalized spacial score (nSPS) is 10.4. The number of hydrogen-bond donors (Lipinski definition) is 1. The number of halogens is 1. The molecule has 1 amide bonds. The van der Waals surface area contributed by atoms with Crippen molar-refractivity contribution in [3.8, 4) is 11.1 Å². The van der Waals surface area contributed by atoms with Crippen LogP contribution in [-0.2, 0) is 4.79 Å². The van der Waals surface area contributed by atoms with Crippen molar-refractivity contribution < 1.29 is 9.18 Å². The fourth-order valence-electron chi connectivity index (χ4n) is 2.33.